The second-order valence-electron chi connectivity index (χ2n) is 10.4. The fourth-order valence-corrected chi connectivity index (χ4v) is 6.59. The smallest absolute Gasteiger partial charge is 0.329 e. The number of aryl methyl sites for hydroxylation is 1. The Morgan fingerprint density at radius 3 is 1.97 bits per heavy atom. The second-order valence-corrected chi connectivity index (χ2v) is 10.4. The van der Waals surface area contributed by atoms with Crippen LogP contribution in [0, 0.1) is 18.8 Å². The lowest BCUT2D eigenvalue weighted by Crippen LogP contribution is -2.47. The number of aromatic nitrogens is 1. The Balaban J connectivity index is 1.28. The van der Waals surface area contributed by atoms with Gasteiger partial charge >= 0.3 is 5.97 Å². The fourth-order valence-electron chi connectivity index (χ4n) is 6.59. The number of likely N-dealkylation sites (tertiary alicyclic amines) is 1. The zero-order chi connectivity index (χ0) is 27.3. The van der Waals surface area contributed by atoms with Gasteiger partial charge in [0.15, 0.2) is 12.4 Å². The molecule has 2 aromatic carbocycles. The third-order valence-corrected chi connectivity index (χ3v) is 8.14. The Morgan fingerprint density at radius 1 is 0.974 bits per heavy atom. The van der Waals surface area contributed by atoms with Gasteiger partial charge < -0.3 is 14.6 Å². The molecule has 2 bridgehead atoms. The van der Waals surface area contributed by atoms with Crippen LogP contribution in [-0.4, -0.2) is 46.4 Å². The summed E-state index contributed by atoms with van der Waals surface area (Å²) in [6, 6.07) is 16.4. The number of amides is 3. The van der Waals surface area contributed by atoms with Crippen LogP contribution in [0.3, 0.4) is 0 Å². The van der Waals surface area contributed by atoms with Crippen molar-refractivity contribution in [3.05, 3.63) is 82.6 Å². The topological polar surface area (TPSA) is 119 Å². The van der Waals surface area contributed by atoms with Gasteiger partial charge in [-0.1, -0.05) is 73.5 Å². The van der Waals surface area contributed by atoms with E-state index in [1.165, 1.54) is 6.07 Å². The van der Waals surface area contributed by atoms with Crippen LogP contribution in [0.2, 0.25) is 0 Å². The van der Waals surface area contributed by atoms with Gasteiger partial charge in [-0.15, -0.1) is 0 Å². The van der Waals surface area contributed by atoms with Gasteiger partial charge in [0, 0.05) is 17.9 Å². The molecule has 39 heavy (non-hydrogen) atoms. The number of anilines is 1. The number of carbonyl (C=O) groups is 4. The highest BCUT2D eigenvalue weighted by atomic mass is 16.5. The number of nitrogens with zero attached hydrogens (tertiary/aromatic N) is 2. The lowest BCUT2D eigenvalue weighted by molar-refractivity contribution is -0.160. The molecule has 1 saturated heterocycles. The molecule has 7 rings (SSSR count). The molecule has 3 aliphatic carbocycles. The SMILES string of the molecule is CCCC[C@H](C(=O)OCC(=O)Nc1cc(C)on1)N1C(=O)[C@H]2C3c4ccccc4C(c4ccccc43)[C@@H]2C1=O. The van der Waals surface area contributed by atoms with Gasteiger partial charge in [-0.2, -0.15) is 0 Å². The van der Waals surface area contributed by atoms with Crippen molar-refractivity contribution in [2.24, 2.45) is 11.8 Å². The molecule has 0 spiro atoms. The molecular formula is C30H29N3O6. The van der Waals surface area contributed by atoms with Crippen molar-refractivity contribution in [2.45, 2.75) is 51.0 Å². The number of ether oxygens (including phenoxy) is 1. The van der Waals surface area contributed by atoms with Crippen molar-refractivity contribution in [3.8, 4) is 0 Å². The van der Waals surface area contributed by atoms with Crippen molar-refractivity contribution < 1.29 is 28.4 Å². The molecule has 3 amide bonds. The minimum atomic E-state index is -1.09. The molecule has 4 aliphatic rings. The van der Waals surface area contributed by atoms with Crippen molar-refractivity contribution in [1.82, 2.24) is 10.1 Å². The molecule has 1 N–H and O–H groups in total. The van der Waals surface area contributed by atoms with Crippen LogP contribution in [0.15, 0.2) is 59.1 Å². The van der Waals surface area contributed by atoms with Gasteiger partial charge in [-0.25, -0.2) is 4.79 Å². The molecule has 1 aliphatic heterocycles. The molecule has 9 nitrogen and oxygen atoms in total. The Bertz CT molecular complexity index is 1360. The first-order chi connectivity index (χ1) is 18.9. The van der Waals surface area contributed by atoms with Gasteiger partial charge in [0.25, 0.3) is 5.91 Å². The molecule has 1 fully saturated rings. The highest BCUT2D eigenvalue weighted by Crippen LogP contribution is 2.61. The number of benzene rings is 2. The highest BCUT2D eigenvalue weighted by molar-refractivity contribution is 6.10. The predicted octanol–water partition coefficient (Wildman–Crippen LogP) is 3.92. The average molecular weight is 528 g/mol. The fraction of sp³-hybridized carbons (Fsp3) is 0.367. The Hall–Kier alpha value is -4.27. The Kier molecular flexibility index (Phi) is 6.29. The monoisotopic (exact) mass is 527 g/mol. The highest BCUT2D eigenvalue weighted by Gasteiger charge is 2.63. The van der Waals surface area contributed by atoms with Crippen molar-refractivity contribution in [2.75, 3.05) is 11.9 Å². The summed E-state index contributed by atoms with van der Waals surface area (Å²) < 4.78 is 10.3. The van der Waals surface area contributed by atoms with E-state index in [-0.39, 0.29) is 35.9 Å². The summed E-state index contributed by atoms with van der Waals surface area (Å²) in [6.45, 7) is 3.08. The summed E-state index contributed by atoms with van der Waals surface area (Å²) in [5, 5.41) is 6.19. The number of rotatable bonds is 8. The van der Waals surface area contributed by atoms with Gasteiger partial charge in [0.2, 0.25) is 11.8 Å². The van der Waals surface area contributed by atoms with Crippen LogP contribution in [0.5, 0.6) is 0 Å². The third kappa shape index (κ3) is 4.04. The average Bonchev–Trinajstić information content (AvgIpc) is 3.47. The molecule has 1 aromatic heterocycles. The number of imide groups is 1. The Labute approximate surface area is 225 Å². The summed E-state index contributed by atoms with van der Waals surface area (Å²) in [5.41, 5.74) is 4.27. The molecule has 0 radical (unpaired) electrons. The minimum Gasteiger partial charge on any atom is -0.454 e. The molecule has 3 aromatic rings. The number of carbonyl (C=O) groups excluding carboxylic acids is 4. The van der Waals surface area contributed by atoms with E-state index in [2.05, 4.69) is 10.5 Å². The summed E-state index contributed by atoms with van der Waals surface area (Å²) in [4.78, 5) is 54.9. The van der Waals surface area contributed by atoms with Crippen LogP contribution in [0.1, 0.15) is 66.0 Å². The Morgan fingerprint density at radius 2 is 1.51 bits per heavy atom. The number of esters is 1. The van der Waals surface area contributed by atoms with E-state index in [4.69, 9.17) is 9.26 Å². The summed E-state index contributed by atoms with van der Waals surface area (Å²) >= 11 is 0. The lowest BCUT2D eigenvalue weighted by atomic mass is 9.55. The van der Waals surface area contributed by atoms with Crippen LogP contribution in [0.4, 0.5) is 5.82 Å². The van der Waals surface area contributed by atoms with Gasteiger partial charge in [0.05, 0.1) is 11.8 Å². The van der Waals surface area contributed by atoms with Crippen LogP contribution in [0.25, 0.3) is 0 Å². The van der Waals surface area contributed by atoms with Crippen molar-refractivity contribution in [3.63, 3.8) is 0 Å². The predicted molar refractivity (Wildman–Crippen MR) is 140 cm³/mol. The molecule has 0 unspecified atom stereocenters. The van der Waals surface area contributed by atoms with Crippen LogP contribution >= 0.6 is 0 Å². The molecule has 0 saturated carbocycles. The van der Waals surface area contributed by atoms with Gasteiger partial charge in [-0.05, 0) is 35.6 Å². The largest absolute Gasteiger partial charge is 0.454 e. The minimum absolute atomic E-state index is 0.208. The van der Waals surface area contributed by atoms with E-state index < -0.39 is 36.4 Å². The van der Waals surface area contributed by atoms with Crippen LogP contribution in [-0.2, 0) is 23.9 Å². The maximum absolute atomic E-state index is 14.0. The van der Waals surface area contributed by atoms with E-state index >= 15 is 0 Å². The zero-order valence-corrected chi connectivity index (χ0v) is 21.8. The first-order valence-electron chi connectivity index (χ1n) is 13.3. The van der Waals surface area contributed by atoms with Gasteiger partial charge in [-0.3, -0.25) is 19.3 Å². The maximum Gasteiger partial charge on any atom is 0.329 e. The van der Waals surface area contributed by atoms with Crippen molar-refractivity contribution in [1.29, 1.82) is 0 Å². The molecule has 2 heterocycles. The maximum atomic E-state index is 14.0. The summed E-state index contributed by atoms with van der Waals surface area (Å²) in [5.74, 6) is -2.99. The van der Waals surface area contributed by atoms with E-state index in [1.54, 1.807) is 6.92 Å². The first kappa shape index (κ1) is 25.0. The number of hydrogen-bond donors (Lipinski definition) is 1. The summed E-state index contributed by atoms with van der Waals surface area (Å²) in [7, 11) is 0. The molecular weight excluding hydrogens is 498 g/mol. The number of hydrogen-bond acceptors (Lipinski definition) is 7. The molecule has 200 valence electrons. The lowest BCUT2D eigenvalue weighted by Gasteiger charge is -2.45. The molecule has 3 atom stereocenters. The van der Waals surface area contributed by atoms with Gasteiger partial charge in [0.1, 0.15) is 11.8 Å². The third-order valence-electron chi connectivity index (χ3n) is 8.14. The van der Waals surface area contributed by atoms with E-state index in [1.807, 2.05) is 55.5 Å². The van der Waals surface area contributed by atoms with Crippen LogP contribution < -0.4 is 5.32 Å². The standard InChI is InChI=1S/C30H29N3O6/c1-3-4-13-21(30(37)38-15-23(34)31-22-14-16(2)39-32-22)33-28(35)26-24-17-9-5-6-10-18(17)25(27(26)29(33)36)20-12-8-7-11-19(20)24/h5-12,14,21,24-27H,3-4,13,15H2,1-2H3,(H,31,32,34)/t21-,24?,25?,26+,27+/m1/s1. The van der Waals surface area contributed by atoms with Crippen molar-refractivity contribution >= 4 is 29.5 Å². The summed E-state index contributed by atoms with van der Waals surface area (Å²) in [6.07, 6.45) is 1.65. The second kappa shape index (κ2) is 9.80. The zero-order valence-electron chi connectivity index (χ0n) is 21.8. The molecule has 9 heteroatoms. The number of nitrogens with one attached hydrogen (secondary N) is 1. The first-order valence-corrected chi connectivity index (χ1v) is 13.3. The quantitative estimate of drug-likeness (QED) is 0.348. The normalized spacial score (nSPS) is 23.2. The van der Waals surface area contributed by atoms with E-state index in [0.717, 1.165) is 33.6 Å². The number of unbranched alkanes of at least 4 members (excludes halogenated alkanes) is 1. The van der Waals surface area contributed by atoms with E-state index in [0.29, 0.717) is 12.2 Å². The van der Waals surface area contributed by atoms with E-state index in [9.17, 15) is 19.2 Å².